The van der Waals surface area contributed by atoms with E-state index in [4.69, 9.17) is 0 Å². The van der Waals surface area contributed by atoms with Crippen molar-refractivity contribution in [1.82, 2.24) is 15.1 Å². The van der Waals surface area contributed by atoms with Crippen molar-refractivity contribution in [2.75, 3.05) is 6.54 Å². The van der Waals surface area contributed by atoms with Crippen LogP contribution in [-0.4, -0.2) is 22.2 Å². The molecule has 0 radical (unpaired) electrons. The van der Waals surface area contributed by atoms with Gasteiger partial charge in [0, 0.05) is 24.0 Å². The van der Waals surface area contributed by atoms with Crippen LogP contribution in [0.5, 0.6) is 0 Å². The fourth-order valence-electron chi connectivity index (χ4n) is 3.32. The number of rotatable bonds is 5. The van der Waals surface area contributed by atoms with Gasteiger partial charge in [0.05, 0.1) is 5.69 Å². The summed E-state index contributed by atoms with van der Waals surface area (Å²) in [7, 11) is 0. The smallest absolute Gasteiger partial charge is 0.251 e. The molecule has 0 aliphatic rings. The maximum absolute atomic E-state index is 12.4. The molecule has 4 rings (SSSR count). The number of nitrogens with zero attached hydrogens (tertiary/aromatic N) is 2. The number of fused-ring (bicyclic) bond motifs is 1. The minimum absolute atomic E-state index is 0.0565. The van der Waals surface area contributed by atoms with Gasteiger partial charge < -0.3 is 5.32 Å². The summed E-state index contributed by atoms with van der Waals surface area (Å²) < 4.78 is 1.85. The van der Waals surface area contributed by atoms with Crippen molar-refractivity contribution in [3.05, 3.63) is 95.8 Å². The van der Waals surface area contributed by atoms with E-state index in [1.807, 2.05) is 54.1 Å². The molecule has 0 aliphatic carbocycles. The summed E-state index contributed by atoms with van der Waals surface area (Å²) in [5.74, 6) is -0.0565. The second-order valence-electron chi connectivity index (χ2n) is 6.58. The summed E-state index contributed by atoms with van der Waals surface area (Å²) in [5.41, 5.74) is 3.91. The van der Waals surface area contributed by atoms with Crippen LogP contribution in [0.4, 0.5) is 0 Å². The van der Waals surface area contributed by atoms with Crippen LogP contribution in [0.25, 0.3) is 16.5 Å². The predicted molar refractivity (Wildman–Crippen MR) is 108 cm³/mol. The zero-order valence-electron chi connectivity index (χ0n) is 15.2. The zero-order valence-corrected chi connectivity index (χ0v) is 15.2. The van der Waals surface area contributed by atoms with Gasteiger partial charge in [-0.1, -0.05) is 42.5 Å². The number of carbonyl (C=O) groups is 1. The summed E-state index contributed by atoms with van der Waals surface area (Å²) in [6, 6.07) is 24.1. The Morgan fingerprint density at radius 1 is 0.963 bits per heavy atom. The molecular formula is C23H21N3O. The molecule has 0 fully saturated rings. The van der Waals surface area contributed by atoms with Gasteiger partial charge >= 0.3 is 0 Å². The van der Waals surface area contributed by atoms with E-state index in [0.29, 0.717) is 12.1 Å². The third kappa shape index (κ3) is 3.60. The van der Waals surface area contributed by atoms with Gasteiger partial charge in [-0.15, -0.1) is 0 Å². The normalized spacial score (nSPS) is 10.9. The minimum Gasteiger partial charge on any atom is -0.352 e. The SMILES string of the molecule is Cc1ccnn1-c1ccc(C(=O)NCCc2cccc3ccccc23)cc1. The number of aromatic nitrogens is 2. The van der Waals surface area contributed by atoms with Gasteiger partial charge in [-0.25, -0.2) is 4.68 Å². The Hall–Kier alpha value is -3.40. The molecule has 0 saturated carbocycles. The average molecular weight is 355 g/mol. The molecule has 4 nitrogen and oxygen atoms in total. The molecule has 0 bridgehead atoms. The second kappa shape index (κ2) is 7.46. The van der Waals surface area contributed by atoms with Crippen molar-refractivity contribution in [2.45, 2.75) is 13.3 Å². The van der Waals surface area contributed by atoms with E-state index >= 15 is 0 Å². The van der Waals surface area contributed by atoms with E-state index < -0.39 is 0 Å². The number of hydrogen-bond donors (Lipinski definition) is 1. The monoisotopic (exact) mass is 355 g/mol. The van der Waals surface area contributed by atoms with Crippen molar-refractivity contribution in [3.8, 4) is 5.69 Å². The molecule has 0 atom stereocenters. The molecule has 1 amide bonds. The maximum atomic E-state index is 12.4. The lowest BCUT2D eigenvalue weighted by atomic mass is 10.0. The first kappa shape index (κ1) is 17.0. The van der Waals surface area contributed by atoms with Gasteiger partial charge in [0.1, 0.15) is 0 Å². The molecule has 27 heavy (non-hydrogen) atoms. The summed E-state index contributed by atoms with van der Waals surface area (Å²) in [4.78, 5) is 12.4. The van der Waals surface area contributed by atoms with Gasteiger partial charge in [0.2, 0.25) is 0 Å². The lowest BCUT2D eigenvalue weighted by molar-refractivity contribution is 0.0954. The Balaban J connectivity index is 1.40. The van der Waals surface area contributed by atoms with Crippen molar-refractivity contribution in [2.24, 2.45) is 0 Å². The van der Waals surface area contributed by atoms with Crippen LogP contribution < -0.4 is 5.32 Å². The summed E-state index contributed by atoms with van der Waals surface area (Å²) >= 11 is 0. The second-order valence-corrected chi connectivity index (χ2v) is 6.58. The first-order valence-corrected chi connectivity index (χ1v) is 9.08. The van der Waals surface area contributed by atoms with Crippen molar-refractivity contribution < 1.29 is 4.79 Å². The fraction of sp³-hybridized carbons (Fsp3) is 0.130. The van der Waals surface area contributed by atoms with E-state index in [0.717, 1.165) is 17.8 Å². The van der Waals surface area contributed by atoms with Crippen molar-refractivity contribution in [3.63, 3.8) is 0 Å². The zero-order chi connectivity index (χ0) is 18.6. The molecule has 4 aromatic rings. The number of carbonyl (C=O) groups excluding carboxylic acids is 1. The van der Waals surface area contributed by atoms with E-state index in [1.54, 1.807) is 6.20 Å². The largest absolute Gasteiger partial charge is 0.352 e. The molecule has 0 aliphatic heterocycles. The highest BCUT2D eigenvalue weighted by molar-refractivity contribution is 5.94. The first-order chi connectivity index (χ1) is 13.2. The summed E-state index contributed by atoms with van der Waals surface area (Å²) in [6.45, 7) is 2.60. The number of benzene rings is 3. The Bertz CT molecular complexity index is 1070. The Morgan fingerprint density at radius 3 is 2.52 bits per heavy atom. The first-order valence-electron chi connectivity index (χ1n) is 9.08. The van der Waals surface area contributed by atoms with Gasteiger partial charge in [0.25, 0.3) is 5.91 Å². The number of hydrogen-bond acceptors (Lipinski definition) is 2. The Morgan fingerprint density at radius 2 is 1.74 bits per heavy atom. The molecule has 4 heteroatoms. The van der Waals surface area contributed by atoms with E-state index in [2.05, 4.69) is 40.7 Å². The molecule has 0 unspecified atom stereocenters. The molecule has 1 heterocycles. The number of aryl methyl sites for hydroxylation is 1. The van der Waals surface area contributed by atoms with Crippen LogP contribution in [0.1, 0.15) is 21.6 Å². The highest BCUT2D eigenvalue weighted by Crippen LogP contribution is 2.18. The van der Waals surface area contributed by atoms with Gasteiger partial charge in [-0.3, -0.25) is 4.79 Å². The Kier molecular flexibility index (Phi) is 4.71. The summed E-state index contributed by atoms with van der Waals surface area (Å²) in [6.07, 6.45) is 2.57. The van der Waals surface area contributed by atoms with E-state index in [9.17, 15) is 4.79 Å². The third-order valence-corrected chi connectivity index (χ3v) is 4.77. The molecule has 134 valence electrons. The molecule has 1 aromatic heterocycles. The third-order valence-electron chi connectivity index (χ3n) is 4.77. The van der Waals surface area contributed by atoms with Crippen LogP contribution in [0.2, 0.25) is 0 Å². The van der Waals surface area contributed by atoms with Gasteiger partial charge in [-0.05, 0) is 60.0 Å². The highest BCUT2D eigenvalue weighted by atomic mass is 16.1. The number of amides is 1. The molecule has 3 aromatic carbocycles. The Labute approximate surface area is 158 Å². The van der Waals surface area contributed by atoms with Crippen molar-refractivity contribution in [1.29, 1.82) is 0 Å². The fourth-order valence-corrected chi connectivity index (χ4v) is 3.32. The van der Waals surface area contributed by atoms with Crippen LogP contribution in [0.15, 0.2) is 79.0 Å². The lowest BCUT2D eigenvalue weighted by Crippen LogP contribution is -2.25. The van der Waals surface area contributed by atoms with Gasteiger partial charge in [0.15, 0.2) is 0 Å². The van der Waals surface area contributed by atoms with E-state index in [-0.39, 0.29) is 5.91 Å². The van der Waals surface area contributed by atoms with Crippen LogP contribution in [0, 0.1) is 6.92 Å². The topological polar surface area (TPSA) is 46.9 Å². The quantitative estimate of drug-likeness (QED) is 0.580. The average Bonchev–Trinajstić information content (AvgIpc) is 3.14. The lowest BCUT2D eigenvalue weighted by Gasteiger charge is -2.09. The molecule has 1 N–H and O–H groups in total. The molecular weight excluding hydrogens is 334 g/mol. The standard InChI is InChI=1S/C23H21N3O/c1-17-13-16-25-26(17)21-11-9-20(10-12-21)23(27)24-15-14-19-7-4-6-18-5-2-3-8-22(18)19/h2-13,16H,14-15H2,1H3,(H,24,27). The van der Waals surface area contributed by atoms with E-state index in [1.165, 1.54) is 16.3 Å². The van der Waals surface area contributed by atoms with Gasteiger partial charge in [-0.2, -0.15) is 5.10 Å². The number of nitrogens with one attached hydrogen (secondary N) is 1. The maximum Gasteiger partial charge on any atom is 0.251 e. The van der Waals surface area contributed by atoms with Crippen LogP contribution >= 0.6 is 0 Å². The minimum atomic E-state index is -0.0565. The predicted octanol–water partition coefficient (Wildman–Crippen LogP) is 4.31. The van der Waals surface area contributed by atoms with Crippen LogP contribution in [0.3, 0.4) is 0 Å². The molecule has 0 saturated heterocycles. The summed E-state index contributed by atoms with van der Waals surface area (Å²) in [5, 5.41) is 9.77. The molecule has 0 spiro atoms. The van der Waals surface area contributed by atoms with Crippen LogP contribution in [-0.2, 0) is 6.42 Å². The highest BCUT2D eigenvalue weighted by Gasteiger charge is 2.07. The van der Waals surface area contributed by atoms with Crippen molar-refractivity contribution >= 4 is 16.7 Å².